The van der Waals surface area contributed by atoms with Crippen LogP contribution in [0.2, 0.25) is 0 Å². The molecule has 0 N–H and O–H groups in total. The number of aromatic nitrogens is 2. The van der Waals surface area contributed by atoms with E-state index >= 15 is 0 Å². The van der Waals surface area contributed by atoms with Crippen LogP contribution in [0.25, 0.3) is 11.8 Å². The Kier molecular flexibility index (Phi) is 7.23. The Bertz CT molecular complexity index is 1760. The summed E-state index contributed by atoms with van der Waals surface area (Å²) in [4.78, 5) is 31.9. The minimum atomic E-state index is -0.771. The van der Waals surface area contributed by atoms with Gasteiger partial charge in [0.05, 0.1) is 28.5 Å². The number of halogens is 2. The highest BCUT2D eigenvalue weighted by molar-refractivity contribution is 14.1. The van der Waals surface area contributed by atoms with Crippen molar-refractivity contribution in [3.05, 3.63) is 117 Å². The van der Waals surface area contributed by atoms with E-state index < -0.39 is 17.8 Å². The first kappa shape index (κ1) is 26.3. The second-order valence-corrected chi connectivity index (χ2v) is 11.2. The third kappa shape index (κ3) is 4.69. The molecular formula is C29H25FIN3O3S. The Balaban J connectivity index is 1.68. The molecule has 9 heteroatoms. The SMILES string of the molecule is CCOC(=O)C1=C(C)N=c2s/c(=C\c3cc(C)n(-c4ccc(I)cc4)c3C)c(=O)n2[C@@H]1c1ccc(F)cc1. The predicted molar refractivity (Wildman–Crippen MR) is 155 cm³/mol. The van der Waals surface area contributed by atoms with Gasteiger partial charge in [0, 0.05) is 20.6 Å². The van der Waals surface area contributed by atoms with Gasteiger partial charge >= 0.3 is 5.97 Å². The first-order chi connectivity index (χ1) is 18.2. The third-order valence-corrected chi connectivity index (χ3v) is 8.25. The highest BCUT2D eigenvalue weighted by Crippen LogP contribution is 2.31. The number of carbonyl (C=O) groups excluding carboxylic acids is 1. The van der Waals surface area contributed by atoms with Gasteiger partial charge in [0.2, 0.25) is 0 Å². The van der Waals surface area contributed by atoms with E-state index in [2.05, 4.69) is 62.5 Å². The lowest BCUT2D eigenvalue weighted by atomic mass is 9.96. The number of hydrogen-bond acceptors (Lipinski definition) is 5. The molecule has 1 aliphatic heterocycles. The molecule has 0 spiro atoms. The Labute approximate surface area is 236 Å². The summed E-state index contributed by atoms with van der Waals surface area (Å²) in [5.74, 6) is -0.943. The van der Waals surface area contributed by atoms with Gasteiger partial charge in [-0.1, -0.05) is 23.5 Å². The van der Waals surface area contributed by atoms with Crippen molar-refractivity contribution in [2.45, 2.75) is 33.7 Å². The van der Waals surface area contributed by atoms with Crippen LogP contribution in [0.1, 0.15) is 42.4 Å². The van der Waals surface area contributed by atoms with Crippen molar-refractivity contribution in [1.29, 1.82) is 0 Å². The number of nitrogens with zero attached hydrogens (tertiary/aromatic N) is 3. The number of aryl methyl sites for hydroxylation is 1. The molecule has 0 saturated heterocycles. The lowest BCUT2D eigenvalue weighted by Crippen LogP contribution is -2.39. The minimum absolute atomic E-state index is 0.187. The maximum atomic E-state index is 13.8. The van der Waals surface area contributed by atoms with Crippen LogP contribution < -0.4 is 14.9 Å². The van der Waals surface area contributed by atoms with E-state index in [9.17, 15) is 14.0 Å². The number of ether oxygens (including phenoxy) is 1. The van der Waals surface area contributed by atoms with Gasteiger partial charge in [-0.25, -0.2) is 14.2 Å². The van der Waals surface area contributed by atoms with Crippen LogP contribution in [-0.4, -0.2) is 21.7 Å². The molecule has 1 atom stereocenters. The predicted octanol–water partition coefficient (Wildman–Crippen LogP) is 4.95. The Hall–Kier alpha value is -3.31. The normalized spacial score (nSPS) is 15.4. The van der Waals surface area contributed by atoms with Crippen molar-refractivity contribution < 1.29 is 13.9 Å². The van der Waals surface area contributed by atoms with Gasteiger partial charge in [-0.05, 0) is 110 Å². The fraction of sp³-hybridized carbons (Fsp3) is 0.207. The van der Waals surface area contributed by atoms with Gasteiger partial charge in [0.25, 0.3) is 5.56 Å². The molecule has 2 aromatic heterocycles. The van der Waals surface area contributed by atoms with Crippen molar-refractivity contribution in [2.24, 2.45) is 4.99 Å². The largest absolute Gasteiger partial charge is 0.463 e. The van der Waals surface area contributed by atoms with E-state index in [4.69, 9.17) is 4.74 Å². The Morgan fingerprint density at radius 1 is 1.13 bits per heavy atom. The molecule has 4 aromatic rings. The average Bonchev–Trinajstić information content (AvgIpc) is 3.34. The number of thiazole rings is 1. The standard InChI is InChI=1S/C29H25FIN3O3S/c1-5-37-28(36)25-17(3)32-29-34(26(25)19-6-8-21(30)9-7-19)27(35)24(38-29)15-20-14-16(2)33(18(20)4)23-12-10-22(31)11-13-23/h6-15,26H,5H2,1-4H3/b24-15-/t26-/m1/s1. The topological polar surface area (TPSA) is 65.6 Å². The summed E-state index contributed by atoms with van der Waals surface area (Å²) in [5.41, 5.74) is 5.11. The molecular weight excluding hydrogens is 616 g/mol. The second-order valence-electron chi connectivity index (χ2n) is 8.99. The smallest absolute Gasteiger partial charge is 0.338 e. The molecule has 38 heavy (non-hydrogen) atoms. The number of esters is 1. The van der Waals surface area contributed by atoms with Crippen LogP contribution >= 0.6 is 33.9 Å². The molecule has 0 amide bonds. The van der Waals surface area contributed by atoms with E-state index in [0.29, 0.717) is 20.6 Å². The van der Waals surface area contributed by atoms with Crippen molar-refractivity contribution in [1.82, 2.24) is 9.13 Å². The Morgan fingerprint density at radius 3 is 2.47 bits per heavy atom. The van der Waals surface area contributed by atoms with E-state index in [-0.39, 0.29) is 17.7 Å². The van der Waals surface area contributed by atoms with E-state index in [1.165, 1.54) is 28.0 Å². The molecule has 2 aromatic carbocycles. The molecule has 0 bridgehead atoms. The summed E-state index contributed by atoms with van der Waals surface area (Å²) in [5, 5.41) is 0. The highest BCUT2D eigenvalue weighted by Gasteiger charge is 2.33. The van der Waals surface area contributed by atoms with Crippen molar-refractivity contribution >= 4 is 46.0 Å². The molecule has 6 nitrogen and oxygen atoms in total. The van der Waals surface area contributed by atoms with Gasteiger partial charge in [0.1, 0.15) is 5.82 Å². The Morgan fingerprint density at radius 2 is 1.82 bits per heavy atom. The summed E-state index contributed by atoms with van der Waals surface area (Å²) in [6.45, 7) is 7.70. The minimum Gasteiger partial charge on any atom is -0.463 e. The number of allylic oxidation sites excluding steroid dienone is 1. The number of rotatable bonds is 5. The molecule has 5 rings (SSSR count). The third-order valence-electron chi connectivity index (χ3n) is 6.54. The molecule has 1 aliphatic rings. The fourth-order valence-corrected chi connectivity index (χ4v) is 6.21. The van der Waals surface area contributed by atoms with Crippen molar-refractivity contribution in [2.75, 3.05) is 6.61 Å². The molecule has 0 radical (unpaired) electrons. The van der Waals surface area contributed by atoms with Crippen LogP contribution in [0.5, 0.6) is 0 Å². The van der Waals surface area contributed by atoms with Crippen LogP contribution in [0, 0.1) is 23.2 Å². The zero-order valence-electron chi connectivity index (χ0n) is 21.3. The van der Waals surface area contributed by atoms with Gasteiger partial charge in [-0.2, -0.15) is 0 Å². The van der Waals surface area contributed by atoms with E-state index in [0.717, 1.165) is 26.2 Å². The fourth-order valence-electron chi connectivity index (χ4n) is 4.81. The van der Waals surface area contributed by atoms with Gasteiger partial charge in [-0.3, -0.25) is 9.36 Å². The van der Waals surface area contributed by atoms with Crippen LogP contribution in [0.4, 0.5) is 4.39 Å². The van der Waals surface area contributed by atoms with Gasteiger partial charge in [-0.15, -0.1) is 0 Å². The number of fused-ring (bicyclic) bond motifs is 1. The van der Waals surface area contributed by atoms with E-state index in [1.807, 2.05) is 19.9 Å². The first-order valence-corrected chi connectivity index (χ1v) is 14.0. The average molecular weight is 642 g/mol. The quantitative estimate of drug-likeness (QED) is 0.229. The molecule has 0 unspecified atom stereocenters. The summed E-state index contributed by atoms with van der Waals surface area (Å²) in [6.07, 6.45) is 1.88. The zero-order chi connectivity index (χ0) is 27.1. The van der Waals surface area contributed by atoms with Crippen LogP contribution in [0.3, 0.4) is 0 Å². The number of hydrogen-bond donors (Lipinski definition) is 0. The van der Waals surface area contributed by atoms with Gasteiger partial charge in [0.15, 0.2) is 4.80 Å². The monoisotopic (exact) mass is 641 g/mol. The summed E-state index contributed by atoms with van der Waals surface area (Å²) >= 11 is 3.55. The van der Waals surface area contributed by atoms with Gasteiger partial charge < -0.3 is 9.30 Å². The van der Waals surface area contributed by atoms with Crippen LogP contribution in [0.15, 0.2) is 75.7 Å². The summed E-state index contributed by atoms with van der Waals surface area (Å²) in [6, 6.07) is 15.4. The zero-order valence-corrected chi connectivity index (χ0v) is 24.3. The maximum absolute atomic E-state index is 13.8. The molecule has 194 valence electrons. The van der Waals surface area contributed by atoms with Crippen molar-refractivity contribution in [3.8, 4) is 5.69 Å². The second kappa shape index (κ2) is 10.5. The number of benzene rings is 2. The highest BCUT2D eigenvalue weighted by atomic mass is 127. The molecule has 0 aliphatic carbocycles. The molecule has 0 fully saturated rings. The summed E-state index contributed by atoms with van der Waals surface area (Å²) < 4.78 is 24.4. The lowest BCUT2D eigenvalue weighted by molar-refractivity contribution is -0.139. The van der Waals surface area contributed by atoms with Crippen molar-refractivity contribution in [3.63, 3.8) is 0 Å². The number of carbonyl (C=O) groups is 1. The maximum Gasteiger partial charge on any atom is 0.338 e. The lowest BCUT2D eigenvalue weighted by Gasteiger charge is -2.24. The molecule has 3 heterocycles. The summed E-state index contributed by atoms with van der Waals surface area (Å²) in [7, 11) is 0. The van der Waals surface area contributed by atoms with Crippen LogP contribution in [-0.2, 0) is 9.53 Å². The first-order valence-electron chi connectivity index (χ1n) is 12.1. The molecule has 0 saturated carbocycles. The van der Waals surface area contributed by atoms with E-state index in [1.54, 1.807) is 26.0 Å².